The number of H-pyrrole nitrogens is 1. The summed E-state index contributed by atoms with van der Waals surface area (Å²) < 4.78 is 18.7. The van der Waals surface area contributed by atoms with Crippen LogP contribution in [0.4, 0.5) is 4.39 Å². The standard InChI is InChI=1S/C18H17ClFN5O2/c1-10-2-3-12(9-25(10)18(26)11-4-5-21-15(20)6-11)16-23-17(27-24-16)14-7-13(19)8-22-14/h4-8,10,12,22H,2-3,9H2,1H3. The van der Waals surface area contributed by atoms with E-state index in [1.807, 2.05) is 6.92 Å². The van der Waals surface area contributed by atoms with Crippen molar-refractivity contribution in [2.45, 2.75) is 31.7 Å². The number of aromatic amines is 1. The highest BCUT2D eigenvalue weighted by Crippen LogP contribution is 2.31. The molecular formula is C18H17ClFN5O2. The Bertz CT molecular complexity index is 972. The summed E-state index contributed by atoms with van der Waals surface area (Å²) in [7, 11) is 0. The SMILES string of the molecule is CC1CCC(c2noc(-c3cc(Cl)c[nH]3)n2)CN1C(=O)c1ccnc(F)c1. The largest absolute Gasteiger partial charge is 0.356 e. The Balaban J connectivity index is 1.54. The lowest BCUT2D eigenvalue weighted by atomic mass is 9.92. The van der Waals surface area contributed by atoms with Crippen molar-refractivity contribution in [1.82, 2.24) is 25.0 Å². The van der Waals surface area contributed by atoms with Crippen molar-refractivity contribution in [2.75, 3.05) is 6.54 Å². The van der Waals surface area contributed by atoms with Gasteiger partial charge in [0.2, 0.25) is 5.95 Å². The second-order valence-corrected chi connectivity index (χ2v) is 7.07. The summed E-state index contributed by atoms with van der Waals surface area (Å²) in [5.41, 5.74) is 0.924. The number of likely N-dealkylation sites (tertiary alicyclic amines) is 1. The maximum absolute atomic E-state index is 13.4. The Kier molecular flexibility index (Phi) is 4.65. The molecule has 1 saturated heterocycles. The Morgan fingerprint density at radius 3 is 3.00 bits per heavy atom. The van der Waals surface area contributed by atoms with E-state index in [9.17, 15) is 9.18 Å². The molecule has 1 aliphatic heterocycles. The molecule has 2 unspecified atom stereocenters. The smallest absolute Gasteiger partial charge is 0.274 e. The molecule has 1 aliphatic rings. The van der Waals surface area contributed by atoms with Crippen molar-refractivity contribution in [1.29, 1.82) is 0 Å². The topological polar surface area (TPSA) is 87.9 Å². The highest BCUT2D eigenvalue weighted by molar-refractivity contribution is 6.30. The number of carbonyl (C=O) groups excluding carboxylic acids is 1. The van der Waals surface area contributed by atoms with Gasteiger partial charge >= 0.3 is 0 Å². The van der Waals surface area contributed by atoms with E-state index in [0.717, 1.165) is 18.9 Å². The van der Waals surface area contributed by atoms with Crippen LogP contribution in [0.5, 0.6) is 0 Å². The van der Waals surface area contributed by atoms with E-state index in [0.29, 0.717) is 29.0 Å². The van der Waals surface area contributed by atoms with Gasteiger partial charge in [0, 0.05) is 42.5 Å². The first-order chi connectivity index (χ1) is 13.0. The number of aromatic nitrogens is 4. The van der Waals surface area contributed by atoms with Crippen molar-refractivity contribution in [2.24, 2.45) is 0 Å². The lowest BCUT2D eigenvalue weighted by Crippen LogP contribution is -2.45. The van der Waals surface area contributed by atoms with Gasteiger partial charge in [-0.25, -0.2) is 4.98 Å². The molecule has 1 fully saturated rings. The van der Waals surface area contributed by atoms with Gasteiger partial charge in [-0.3, -0.25) is 4.79 Å². The molecule has 0 bridgehead atoms. The lowest BCUT2D eigenvalue weighted by Gasteiger charge is -2.37. The summed E-state index contributed by atoms with van der Waals surface area (Å²) in [4.78, 5) is 25.5. The summed E-state index contributed by atoms with van der Waals surface area (Å²) in [6, 6.07) is 4.41. The molecule has 2 atom stereocenters. The second-order valence-electron chi connectivity index (χ2n) is 6.64. The first-order valence-electron chi connectivity index (χ1n) is 8.61. The van der Waals surface area contributed by atoms with Crippen LogP contribution in [-0.2, 0) is 0 Å². The van der Waals surface area contributed by atoms with Crippen LogP contribution in [0.3, 0.4) is 0 Å². The van der Waals surface area contributed by atoms with Crippen LogP contribution in [0, 0.1) is 5.95 Å². The number of rotatable bonds is 3. The normalized spacial score (nSPS) is 20.0. The van der Waals surface area contributed by atoms with Crippen molar-refractivity contribution in [3.8, 4) is 11.6 Å². The van der Waals surface area contributed by atoms with Gasteiger partial charge in [-0.05, 0) is 31.9 Å². The minimum absolute atomic E-state index is 0.0403. The minimum Gasteiger partial charge on any atom is -0.356 e. The number of amides is 1. The van der Waals surface area contributed by atoms with E-state index < -0.39 is 5.95 Å². The van der Waals surface area contributed by atoms with Crippen LogP contribution in [0.15, 0.2) is 35.1 Å². The van der Waals surface area contributed by atoms with Crippen LogP contribution < -0.4 is 0 Å². The first-order valence-corrected chi connectivity index (χ1v) is 8.99. The molecule has 3 aromatic rings. The van der Waals surface area contributed by atoms with Crippen LogP contribution in [0.25, 0.3) is 11.6 Å². The first kappa shape index (κ1) is 17.7. The quantitative estimate of drug-likeness (QED) is 0.690. The Morgan fingerprint density at radius 1 is 1.41 bits per heavy atom. The molecule has 0 aromatic carbocycles. The zero-order valence-corrected chi connectivity index (χ0v) is 15.3. The average molecular weight is 390 g/mol. The number of piperidine rings is 1. The van der Waals surface area contributed by atoms with Crippen LogP contribution in [-0.4, -0.2) is 43.5 Å². The van der Waals surface area contributed by atoms with Crippen molar-refractivity contribution in [3.63, 3.8) is 0 Å². The van der Waals surface area contributed by atoms with Gasteiger partial charge in [0.1, 0.15) is 5.69 Å². The summed E-state index contributed by atoms with van der Waals surface area (Å²) >= 11 is 5.91. The molecule has 9 heteroatoms. The molecule has 4 rings (SSSR count). The Labute approximate surface area is 159 Å². The van der Waals surface area contributed by atoms with Gasteiger partial charge in [0.15, 0.2) is 5.82 Å². The average Bonchev–Trinajstić information content (AvgIpc) is 3.30. The van der Waals surface area contributed by atoms with Gasteiger partial charge in [0.05, 0.1) is 5.02 Å². The molecule has 1 N–H and O–H groups in total. The monoisotopic (exact) mass is 389 g/mol. The van der Waals surface area contributed by atoms with E-state index in [1.165, 1.54) is 12.3 Å². The third kappa shape index (κ3) is 3.57. The number of hydrogen-bond donors (Lipinski definition) is 1. The minimum atomic E-state index is -0.672. The summed E-state index contributed by atoms with van der Waals surface area (Å²) in [6.07, 6.45) is 4.56. The maximum atomic E-state index is 13.4. The fourth-order valence-electron chi connectivity index (χ4n) is 3.30. The molecule has 3 aromatic heterocycles. The molecular weight excluding hydrogens is 373 g/mol. The molecule has 7 nitrogen and oxygen atoms in total. The van der Waals surface area contributed by atoms with Gasteiger partial charge in [0.25, 0.3) is 11.8 Å². The Hall–Kier alpha value is -2.74. The number of nitrogens with one attached hydrogen (secondary N) is 1. The molecule has 4 heterocycles. The van der Waals surface area contributed by atoms with E-state index in [2.05, 4.69) is 20.1 Å². The van der Waals surface area contributed by atoms with Gasteiger partial charge in [-0.1, -0.05) is 16.8 Å². The lowest BCUT2D eigenvalue weighted by molar-refractivity contribution is 0.0604. The molecule has 0 aliphatic carbocycles. The van der Waals surface area contributed by atoms with Crippen LogP contribution in [0.2, 0.25) is 5.02 Å². The fourth-order valence-corrected chi connectivity index (χ4v) is 3.47. The summed E-state index contributed by atoms with van der Waals surface area (Å²) in [5, 5.41) is 4.63. The van der Waals surface area contributed by atoms with Crippen molar-refractivity contribution >= 4 is 17.5 Å². The second kappa shape index (κ2) is 7.11. The number of pyridine rings is 1. The summed E-state index contributed by atoms with van der Waals surface area (Å²) in [6.45, 7) is 2.42. The number of halogens is 2. The van der Waals surface area contributed by atoms with E-state index in [4.69, 9.17) is 16.1 Å². The van der Waals surface area contributed by atoms with Crippen LogP contribution in [0.1, 0.15) is 41.9 Å². The Morgan fingerprint density at radius 2 is 2.26 bits per heavy atom. The van der Waals surface area contributed by atoms with Crippen LogP contribution >= 0.6 is 11.6 Å². The van der Waals surface area contributed by atoms with E-state index in [1.54, 1.807) is 17.2 Å². The maximum Gasteiger partial charge on any atom is 0.274 e. The predicted molar refractivity (Wildman–Crippen MR) is 95.8 cm³/mol. The number of hydrogen-bond acceptors (Lipinski definition) is 5. The third-order valence-corrected chi connectivity index (χ3v) is 5.02. The highest BCUT2D eigenvalue weighted by Gasteiger charge is 2.33. The molecule has 27 heavy (non-hydrogen) atoms. The predicted octanol–water partition coefficient (Wildman–Crippen LogP) is 3.66. The molecule has 140 valence electrons. The zero-order chi connectivity index (χ0) is 19.0. The van der Waals surface area contributed by atoms with Gasteiger partial charge < -0.3 is 14.4 Å². The zero-order valence-electron chi connectivity index (χ0n) is 14.5. The van der Waals surface area contributed by atoms with Gasteiger partial charge in [-0.2, -0.15) is 9.37 Å². The van der Waals surface area contributed by atoms with E-state index >= 15 is 0 Å². The summed E-state index contributed by atoms with van der Waals surface area (Å²) in [5.74, 6) is -0.0615. The van der Waals surface area contributed by atoms with Crippen molar-refractivity contribution in [3.05, 3.63) is 53.0 Å². The van der Waals surface area contributed by atoms with E-state index in [-0.39, 0.29) is 23.4 Å². The number of carbonyl (C=O) groups is 1. The van der Waals surface area contributed by atoms with Gasteiger partial charge in [-0.15, -0.1) is 0 Å². The molecule has 0 spiro atoms. The third-order valence-electron chi connectivity index (χ3n) is 4.80. The fraction of sp³-hybridized carbons (Fsp3) is 0.333. The highest BCUT2D eigenvalue weighted by atomic mass is 35.5. The number of nitrogens with zero attached hydrogens (tertiary/aromatic N) is 4. The molecule has 1 amide bonds. The molecule has 0 radical (unpaired) electrons. The van der Waals surface area contributed by atoms with Crippen molar-refractivity contribution < 1.29 is 13.7 Å². The molecule has 0 saturated carbocycles.